The highest BCUT2D eigenvalue weighted by Crippen LogP contribution is 2.13. The van der Waals surface area contributed by atoms with Gasteiger partial charge in [-0.2, -0.15) is 0 Å². The summed E-state index contributed by atoms with van der Waals surface area (Å²) in [6.45, 7) is 1.99. The van der Waals surface area contributed by atoms with Crippen LogP contribution in [-0.4, -0.2) is 37.7 Å². The van der Waals surface area contributed by atoms with E-state index in [9.17, 15) is 4.79 Å². The van der Waals surface area contributed by atoms with Crippen molar-refractivity contribution in [3.8, 4) is 0 Å². The van der Waals surface area contributed by atoms with Gasteiger partial charge in [-0.25, -0.2) is 10.1 Å². The number of amides is 1. The summed E-state index contributed by atoms with van der Waals surface area (Å²) in [7, 11) is 5.27. The molecule has 0 heterocycles. The largest absolute Gasteiger partial charge is 0.453 e. The number of nitrogens with one attached hydrogen (secondary N) is 2. The maximum atomic E-state index is 11.0. The number of carbonyl (C=O) groups excluding carboxylic acids is 1. The van der Waals surface area contributed by atoms with Crippen LogP contribution in [0.2, 0.25) is 0 Å². The fourth-order valence-corrected chi connectivity index (χ4v) is 1.13. The van der Waals surface area contributed by atoms with Crippen molar-refractivity contribution in [3.63, 3.8) is 0 Å². The Balaban J connectivity index is 2.68. The summed E-state index contributed by atoms with van der Waals surface area (Å²) in [5.41, 5.74) is 1.66. The van der Waals surface area contributed by atoms with Crippen molar-refractivity contribution in [1.29, 1.82) is 0 Å². The van der Waals surface area contributed by atoms with Gasteiger partial charge in [-0.05, 0) is 24.3 Å². The Morgan fingerprint density at radius 1 is 1.12 bits per heavy atom. The van der Waals surface area contributed by atoms with Crippen molar-refractivity contribution in [3.05, 3.63) is 24.3 Å². The van der Waals surface area contributed by atoms with E-state index in [1.807, 2.05) is 49.9 Å². The van der Waals surface area contributed by atoms with Gasteiger partial charge in [0, 0.05) is 12.6 Å². The molecule has 0 aromatic heterocycles. The molecule has 17 heavy (non-hydrogen) atoms. The highest BCUT2D eigenvalue weighted by molar-refractivity contribution is 5.90. The Labute approximate surface area is 101 Å². The Morgan fingerprint density at radius 2 is 1.59 bits per heavy atom. The molecule has 5 nitrogen and oxygen atoms in total. The third-order valence-electron chi connectivity index (χ3n) is 2.31. The Hall–Kier alpha value is -2.04. The lowest BCUT2D eigenvalue weighted by atomic mass is 10.3. The number of amidine groups is 1. The Morgan fingerprint density at radius 3 is 2.00 bits per heavy atom. The number of ether oxygens (including phenoxy) is 1. The molecule has 0 fully saturated rings. The van der Waals surface area contributed by atoms with Gasteiger partial charge in [0.2, 0.25) is 5.84 Å². The molecule has 0 aliphatic carbocycles. The Bertz CT molecular complexity index is 420. The summed E-state index contributed by atoms with van der Waals surface area (Å²) in [6, 6.07) is 7.39. The lowest BCUT2D eigenvalue weighted by Crippen LogP contribution is -2.18. The standard InChI is InChI=1S/C12H17N3O2/c1-9(15(2)3)13-10-5-7-11(8-6-10)14-12(16)17-4/h5-8H,1-4H3,(H,14,16)/p+1. The van der Waals surface area contributed by atoms with E-state index in [4.69, 9.17) is 0 Å². The van der Waals surface area contributed by atoms with E-state index in [2.05, 4.69) is 15.4 Å². The smallest absolute Gasteiger partial charge is 0.411 e. The number of carbonyl (C=O) groups is 1. The average Bonchev–Trinajstić information content (AvgIpc) is 2.31. The van der Waals surface area contributed by atoms with Gasteiger partial charge >= 0.3 is 6.09 Å². The molecule has 2 N–H and O–H groups in total. The van der Waals surface area contributed by atoms with Crippen molar-refractivity contribution in [2.45, 2.75) is 6.92 Å². The van der Waals surface area contributed by atoms with Crippen molar-refractivity contribution in [2.24, 2.45) is 0 Å². The zero-order valence-electron chi connectivity index (χ0n) is 10.6. The number of methoxy groups -OCH3 is 1. The molecule has 0 bridgehead atoms. The van der Waals surface area contributed by atoms with Crippen molar-refractivity contribution in [2.75, 3.05) is 31.8 Å². The maximum absolute atomic E-state index is 11.0. The van der Waals surface area contributed by atoms with Crippen molar-refractivity contribution in [1.82, 2.24) is 0 Å². The molecule has 0 spiro atoms. The SMILES string of the molecule is COC(=O)Nc1ccc(NC(C)=[N+](C)C)cc1. The second-order valence-corrected chi connectivity index (χ2v) is 3.80. The summed E-state index contributed by atoms with van der Waals surface area (Å²) in [5.74, 6) is 1.04. The lowest BCUT2D eigenvalue weighted by Gasteiger charge is -2.04. The predicted octanol–water partition coefficient (Wildman–Crippen LogP) is 1.97. The first-order valence-electron chi connectivity index (χ1n) is 5.26. The summed E-state index contributed by atoms with van der Waals surface area (Å²) < 4.78 is 6.49. The van der Waals surface area contributed by atoms with Gasteiger partial charge < -0.3 is 4.74 Å². The molecule has 0 aliphatic rings. The fraction of sp³-hybridized carbons (Fsp3) is 0.333. The number of nitrogens with zero attached hydrogens (tertiary/aromatic N) is 1. The second kappa shape index (κ2) is 5.89. The van der Waals surface area contributed by atoms with Crippen molar-refractivity contribution >= 4 is 23.3 Å². The second-order valence-electron chi connectivity index (χ2n) is 3.80. The highest BCUT2D eigenvalue weighted by Gasteiger charge is 2.04. The van der Waals surface area contributed by atoms with E-state index >= 15 is 0 Å². The molecule has 5 heteroatoms. The zero-order chi connectivity index (χ0) is 12.8. The van der Waals surface area contributed by atoms with Crippen LogP contribution in [0, 0.1) is 0 Å². The number of benzene rings is 1. The van der Waals surface area contributed by atoms with Gasteiger partial charge in [0.15, 0.2) is 0 Å². The average molecular weight is 236 g/mol. The van der Waals surface area contributed by atoms with Crippen LogP contribution in [0.25, 0.3) is 0 Å². The summed E-state index contributed by atoms with van der Waals surface area (Å²) in [5, 5.41) is 5.82. The van der Waals surface area contributed by atoms with Gasteiger partial charge in [0.1, 0.15) is 5.69 Å². The molecule has 1 aromatic carbocycles. The van der Waals surface area contributed by atoms with Crippen LogP contribution in [0.15, 0.2) is 24.3 Å². The molecule has 1 aromatic rings. The van der Waals surface area contributed by atoms with Crippen LogP contribution < -0.4 is 10.6 Å². The lowest BCUT2D eigenvalue weighted by molar-refractivity contribution is -0.464. The van der Waals surface area contributed by atoms with Gasteiger partial charge in [-0.1, -0.05) is 0 Å². The van der Waals surface area contributed by atoms with E-state index in [-0.39, 0.29) is 0 Å². The number of hydrogen-bond acceptors (Lipinski definition) is 2. The third kappa shape index (κ3) is 4.14. The minimum atomic E-state index is -0.471. The fourth-order valence-electron chi connectivity index (χ4n) is 1.13. The minimum Gasteiger partial charge on any atom is -0.453 e. The third-order valence-corrected chi connectivity index (χ3v) is 2.31. The van der Waals surface area contributed by atoms with E-state index in [1.165, 1.54) is 7.11 Å². The predicted molar refractivity (Wildman–Crippen MR) is 68.9 cm³/mol. The summed E-state index contributed by atoms with van der Waals surface area (Å²) in [4.78, 5) is 11.0. The van der Waals surface area contributed by atoms with Crippen LogP contribution in [-0.2, 0) is 4.74 Å². The molecule has 0 radical (unpaired) electrons. The maximum Gasteiger partial charge on any atom is 0.411 e. The molecule has 1 amide bonds. The zero-order valence-corrected chi connectivity index (χ0v) is 10.6. The first-order chi connectivity index (χ1) is 8.02. The molecule has 0 atom stereocenters. The molecule has 0 unspecified atom stereocenters. The van der Waals surface area contributed by atoms with E-state index in [1.54, 1.807) is 0 Å². The highest BCUT2D eigenvalue weighted by atomic mass is 16.5. The molecular formula is C12H18N3O2+. The molecule has 1 rings (SSSR count). The molecule has 92 valence electrons. The number of hydrogen-bond donors (Lipinski definition) is 2. The van der Waals surface area contributed by atoms with E-state index in [0.29, 0.717) is 5.69 Å². The first-order valence-corrected chi connectivity index (χ1v) is 5.26. The van der Waals surface area contributed by atoms with Crippen molar-refractivity contribution < 1.29 is 14.1 Å². The van der Waals surface area contributed by atoms with Gasteiger partial charge in [0.05, 0.1) is 21.2 Å². The van der Waals surface area contributed by atoms with E-state index < -0.39 is 6.09 Å². The molecular weight excluding hydrogens is 218 g/mol. The van der Waals surface area contributed by atoms with Crippen LogP contribution >= 0.6 is 0 Å². The quantitative estimate of drug-likeness (QED) is 0.469. The van der Waals surface area contributed by atoms with E-state index in [0.717, 1.165) is 11.5 Å². The first kappa shape index (κ1) is 13.0. The van der Waals surface area contributed by atoms with Crippen LogP contribution in [0.3, 0.4) is 0 Å². The molecule has 0 aliphatic heterocycles. The van der Waals surface area contributed by atoms with Gasteiger partial charge in [-0.3, -0.25) is 9.89 Å². The Kier molecular flexibility index (Phi) is 4.51. The van der Waals surface area contributed by atoms with Crippen LogP contribution in [0.1, 0.15) is 6.92 Å². The van der Waals surface area contributed by atoms with Crippen LogP contribution in [0.5, 0.6) is 0 Å². The van der Waals surface area contributed by atoms with Gasteiger partial charge in [-0.15, -0.1) is 0 Å². The number of rotatable bonds is 2. The summed E-state index contributed by atoms with van der Waals surface area (Å²) in [6.07, 6.45) is -0.471. The number of anilines is 2. The monoisotopic (exact) mass is 236 g/mol. The topological polar surface area (TPSA) is 53.4 Å². The van der Waals surface area contributed by atoms with Crippen LogP contribution in [0.4, 0.5) is 16.2 Å². The molecule has 0 saturated heterocycles. The minimum absolute atomic E-state index is 0.471. The summed E-state index contributed by atoms with van der Waals surface area (Å²) >= 11 is 0. The molecule has 0 saturated carbocycles. The van der Waals surface area contributed by atoms with Gasteiger partial charge in [0.25, 0.3) is 0 Å². The normalized spacial score (nSPS) is 9.41.